The van der Waals surface area contributed by atoms with Crippen LogP contribution in [0.3, 0.4) is 0 Å². The van der Waals surface area contributed by atoms with Crippen LogP contribution in [0.2, 0.25) is 5.02 Å². The first-order valence-electron chi connectivity index (χ1n) is 9.17. The van der Waals surface area contributed by atoms with Gasteiger partial charge in [0.05, 0.1) is 12.2 Å². The first-order valence-corrected chi connectivity index (χ1v) is 10.4. The zero-order chi connectivity index (χ0) is 19.7. The molecule has 1 aliphatic carbocycles. The Labute approximate surface area is 171 Å². The second kappa shape index (κ2) is 7.89. The van der Waals surface area contributed by atoms with Crippen molar-refractivity contribution in [2.45, 2.75) is 32.6 Å². The van der Waals surface area contributed by atoms with Crippen LogP contribution in [0.15, 0.2) is 35.3 Å². The SMILES string of the molecule is CCOC(=O)c1c(N=C2C=C(c3ccc(Cl)cc3)OC2=O)sc2c1CCCC2. The summed E-state index contributed by atoms with van der Waals surface area (Å²) in [6.45, 7) is 2.07. The fraction of sp³-hybridized carbons (Fsp3) is 0.286. The van der Waals surface area contributed by atoms with Crippen molar-refractivity contribution in [3.8, 4) is 0 Å². The molecule has 0 fully saturated rings. The largest absolute Gasteiger partial charge is 0.462 e. The van der Waals surface area contributed by atoms with Gasteiger partial charge in [0.2, 0.25) is 0 Å². The van der Waals surface area contributed by atoms with Crippen LogP contribution in [0.1, 0.15) is 46.1 Å². The number of carbonyl (C=O) groups is 2. The molecular formula is C21H18ClNO4S. The van der Waals surface area contributed by atoms with Crippen LogP contribution in [0.4, 0.5) is 5.00 Å². The van der Waals surface area contributed by atoms with Crippen LogP contribution in [-0.4, -0.2) is 24.3 Å². The highest BCUT2D eigenvalue weighted by molar-refractivity contribution is 7.16. The maximum Gasteiger partial charge on any atom is 0.362 e. The number of halogens is 1. The third-order valence-electron chi connectivity index (χ3n) is 4.66. The number of cyclic esters (lactones) is 1. The zero-order valence-corrected chi connectivity index (χ0v) is 16.9. The fourth-order valence-electron chi connectivity index (χ4n) is 3.35. The number of hydrogen-bond acceptors (Lipinski definition) is 6. The Morgan fingerprint density at radius 1 is 1.25 bits per heavy atom. The van der Waals surface area contributed by atoms with Crippen LogP contribution in [0.5, 0.6) is 0 Å². The first-order chi connectivity index (χ1) is 13.6. The highest BCUT2D eigenvalue weighted by Gasteiger charge is 2.29. The molecule has 5 nitrogen and oxygen atoms in total. The summed E-state index contributed by atoms with van der Waals surface area (Å²) in [7, 11) is 0. The molecule has 0 saturated heterocycles. The number of fused-ring (bicyclic) bond motifs is 1. The zero-order valence-electron chi connectivity index (χ0n) is 15.3. The van der Waals surface area contributed by atoms with Crippen LogP contribution in [0.25, 0.3) is 5.76 Å². The number of esters is 2. The van der Waals surface area contributed by atoms with Crippen molar-refractivity contribution in [3.05, 3.63) is 56.9 Å². The van der Waals surface area contributed by atoms with E-state index in [0.717, 1.165) is 41.7 Å². The molecule has 0 bridgehead atoms. The monoisotopic (exact) mass is 415 g/mol. The minimum atomic E-state index is -0.536. The average Bonchev–Trinajstić information content (AvgIpc) is 3.23. The lowest BCUT2D eigenvalue weighted by Gasteiger charge is -2.11. The van der Waals surface area contributed by atoms with Gasteiger partial charge in [0.25, 0.3) is 0 Å². The van der Waals surface area contributed by atoms with Gasteiger partial charge in [0.1, 0.15) is 10.8 Å². The third-order valence-corrected chi connectivity index (χ3v) is 6.10. The van der Waals surface area contributed by atoms with Gasteiger partial charge in [0.15, 0.2) is 5.71 Å². The Hall–Kier alpha value is -2.44. The smallest absolute Gasteiger partial charge is 0.362 e. The van der Waals surface area contributed by atoms with Gasteiger partial charge in [-0.25, -0.2) is 14.6 Å². The highest BCUT2D eigenvalue weighted by atomic mass is 35.5. The third kappa shape index (κ3) is 3.62. The number of aryl methyl sites for hydroxylation is 1. The molecule has 0 unspecified atom stereocenters. The molecular weight excluding hydrogens is 398 g/mol. The van der Waals surface area contributed by atoms with E-state index in [1.807, 2.05) is 0 Å². The molecule has 4 rings (SSSR count). The molecule has 2 heterocycles. The Bertz CT molecular complexity index is 1000. The summed E-state index contributed by atoms with van der Waals surface area (Å²) in [5, 5.41) is 1.12. The summed E-state index contributed by atoms with van der Waals surface area (Å²) < 4.78 is 10.6. The van der Waals surface area contributed by atoms with Crippen molar-refractivity contribution in [1.82, 2.24) is 0 Å². The van der Waals surface area contributed by atoms with Crippen molar-refractivity contribution in [2.75, 3.05) is 6.61 Å². The van der Waals surface area contributed by atoms with Crippen molar-refractivity contribution >= 4 is 51.3 Å². The summed E-state index contributed by atoms with van der Waals surface area (Å²) in [4.78, 5) is 30.5. The van der Waals surface area contributed by atoms with E-state index in [9.17, 15) is 9.59 Å². The minimum Gasteiger partial charge on any atom is -0.462 e. The van der Waals surface area contributed by atoms with E-state index in [1.165, 1.54) is 11.3 Å². The number of thiophene rings is 1. The number of ether oxygens (including phenoxy) is 2. The van der Waals surface area contributed by atoms with Gasteiger partial charge in [-0.1, -0.05) is 11.6 Å². The molecule has 28 heavy (non-hydrogen) atoms. The molecule has 2 aliphatic rings. The predicted octanol–water partition coefficient (Wildman–Crippen LogP) is 5.13. The van der Waals surface area contributed by atoms with E-state index in [2.05, 4.69) is 4.99 Å². The Balaban J connectivity index is 1.73. The van der Waals surface area contributed by atoms with E-state index in [1.54, 1.807) is 37.3 Å². The molecule has 0 N–H and O–H groups in total. The summed E-state index contributed by atoms with van der Waals surface area (Å²) in [5.74, 6) is -0.500. The summed E-state index contributed by atoms with van der Waals surface area (Å²) in [5.41, 5.74) is 2.42. The topological polar surface area (TPSA) is 65.0 Å². The Morgan fingerprint density at radius 2 is 2.00 bits per heavy atom. The lowest BCUT2D eigenvalue weighted by atomic mass is 9.95. The quantitative estimate of drug-likeness (QED) is 0.649. The Kier molecular flexibility index (Phi) is 5.33. The van der Waals surface area contributed by atoms with E-state index in [-0.39, 0.29) is 11.7 Å². The summed E-state index contributed by atoms with van der Waals surface area (Å²) in [6.07, 6.45) is 5.48. The van der Waals surface area contributed by atoms with Gasteiger partial charge in [0, 0.05) is 21.5 Å². The van der Waals surface area contributed by atoms with E-state index >= 15 is 0 Å². The average molecular weight is 416 g/mol. The maximum atomic E-state index is 12.5. The van der Waals surface area contributed by atoms with Gasteiger partial charge in [-0.05, 0) is 62.4 Å². The lowest BCUT2D eigenvalue weighted by Crippen LogP contribution is -2.10. The molecule has 0 radical (unpaired) electrons. The standard InChI is InChI=1S/C21H18ClNO4S/c1-2-26-21(25)18-14-5-3-4-6-17(14)28-19(18)23-15-11-16(27-20(15)24)12-7-9-13(22)10-8-12/h7-11H,2-6H2,1H3. The van der Waals surface area contributed by atoms with Crippen LogP contribution in [0, 0.1) is 0 Å². The molecule has 0 spiro atoms. The Morgan fingerprint density at radius 3 is 2.75 bits per heavy atom. The maximum absolute atomic E-state index is 12.5. The number of rotatable bonds is 4. The van der Waals surface area contributed by atoms with Gasteiger partial charge in [-0.2, -0.15) is 0 Å². The van der Waals surface area contributed by atoms with Crippen molar-refractivity contribution in [1.29, 1.82) is 0 Å². The molecule has 2 aromatic rings. The van der Waals surface area contributed by atoms with Crippen molar-refractivity contribution < 1.29 is 19.1 Å². The molecule has 144 valence electrons. The second-order valence-corrected chi connectivity index (χ2v) is 8.03. The molecule has 0 saturated carbocycles. The van der Waals surface area contributed by atoms with Crippen LogP contribution < -0.4 is 0 Å². The molecule has 7 heteroatoms. The van der Waals surface area contributed by atoms with E-state index in [4.69, 9.17) is 21.1 Å². The normalized spacial score (nSPS) is 17.3. The number of aliphatic imine (C=N–C) groups is 1. The molecule has 1 aliphatic heterocycles. The molecule has 0 atom stereocenters. The molecule has 1 aromatic heterocycles. The van der Waals surface area contributed by atoms with Gasteiger partial charge < -0.3 is 9.47 Å². The number of benzene rings is 1. The van der Waals surface area contributed by atoms with Crippen molar-refractivity contribution in [2.24, 2.45) is 4.99 Å². The highest BCUT2D eigenvalue weighted by Crippen LogP contribution is 2.41. The minimum absolute atomic E-state index is 0.175. The summed E-state index contributed by atoms with van der Waals surface area (Å²) in [6, 6.07) is 7.01. The van der Waals surface area contributed by atoms with E-state index < -0.39 is 5.97 Å². The number of nitrogens with zero attached hydrogens (tertiary/aromatic N) is 1. The van der Waals surface area contributed by atoms with Gasteiger partial charge in [-0.15, -0.1) is 11.3 Å². The van der Waals surface area contributed by atoms with Gasteiger partial charge in [-0.3, -0.25) is 0 Å². The van der Waals surface area contributed by atoms with Crippen molar-refractivity contribution in [3.63, 3.8) is 0 Å². The van der Waals surface area contributed by atoms with Gasteiger partial charge >= 0.3 is 11.9 Å². The molecule has 0 amide bonds. The number of hydrogen-bond donors (Lipinski definition) is 0. The van der Waals surface area contributed by atoms with E-state index in [0.29, 0.717) is 28.0 Å². The number of carbonyl (C=O) groups excluding carboxylic acids is 2. The predicted molar refractivity (Wildman–Crippen MR) is 110 cm³/mol. The first kappa shape index (κ1) is 18.9. The summed E-state index contributed by atoms with van der Waals surface area (Å²) >= 11 is 7.37. The fourth-order valence-corrected chi connectivity index (χ4v) is 4.74. The molecule has 1 aromatic carbocycles. The lowest BCUT2D eigenvalue weighted by molar-refractivity contribution is -0.128. The van der Waals surface area contributed by atoms with Crippen LogP contribution >= 0.6 is 22.9 Å². The second-order valence-electron chi connectivity index (χ2n) is 6.51. The van der Waals surface area contributed by atoms with Crippen LogP contribution in [-0.2, 0) is 27.1 Å².